The average molecular weight is 639 g/mol. The standard InChI is InChI=1S/C26H46N4O8S3/c1-12-36-19(32)18(27-15(2)31)16-13-25(35,26(39-9,40-10)41-11)14-17(16)28-20(29-21(33)37-23(3,4)5)30-22(34)38-24(6,7)8/h16-18,35H,12-14H2,1-11H3,(H,27,31)(H2,28,29,30,33,34). The van der Waals surface area contributed by atoms with Crippen molar-refractivity contribution >= 4 is 65.3 Å². The third kappa shape index (κ3) is 11.1. The normalized spacial score (nSPS) is 21.8. The summed E-state index contributed by atoms with van der Waals surface area (Å²) in [5.74, 6) is -2.20. The lowest BCUT2D eigenvalue weighted by atomic mass is 9.93. The highest BCUT2D eigenvalue weighted by Crippen LogP contribution is 2.58. The van der Waals surface area contributed by atoms with Crippen LogP contribution in [0.3, 0.4) is 0 Å². The number of hydrogen-bond acceptors (Lipinski definition) is 12. The van der Waals surface area contributed by atoms with Crippen LogP contribution < -0.4 is 16.0 Å². The van der Waals surface area contributed by atoms with Crippen LogP contribution in [-0.2, 0) is 23.8 Å². The Hall–Kier alpha value is -1.84. The van der Waals surface area contributed by atoms with Gasteiger partial charge in [0.25, 0.3) is 0 Å². The minimum atomic E-state index is -1.38. The molecule has 4 N–H and O–H groups in total. The number of hydrogen-bond donors (Lipinski definition) is 4. The highest BCUT2D eigenvalue weighted by molar-refractivity contribution is 8.33. The molecule has 0 bridgehead atoms. The molecule has 0 heterocycles. The van der Waals surface area contributed by atoms with Crippen LogP contribution in [0, 0.1) is 5.92 Å². The lowest BCUT2D eigenvalue weighted by Gasteiger charge is -2.42. The van der Waals surface area contributed by atoms with Gasteiger partial charge < -0.3 is 24.6 Å². The lowest BCUT2D eigenvalue weighted by Crippen LogP contribution is -2.50. The first kappa shape index (κ1) is 37.2. The van der Waals surface area contributed by atoms with E-state index in [1.54, 1.807) is 48.5 Å². The van der Waals surface area contributed by atoms with Crippen LogP contribution in [0.2, 0.25) is 0 Å². The van der Waals surface area contributed by atoms with E-state index >= 15 is 0 Å². The van der Waals surface area contributed by atoms with Gasteiger partial charge in [0.1, 0.15) is 26.3 Å². The summed E-state index contributed by atoms with van der Waals surface area (Å²) < 4.78 is 15.2. The van der Waals surface area contributed by atoms with E-state index in [1.165, 1.54) is 42.2 Å². The molecule has 0 spiro atoms. The summed E-state index contributed by atoms with van der Waals surface area (Å²) in [6.07, 6.45) is 4.00. The van der Waals surface area contributed by atoms with E-state index in [0.717, 1.165) is 0 Å². The van der Waals surface area contributed by atoms with E-state index in [1.807, 2.05) is 18.8 Å². The second-order valence-corrected chi connectivity index (χ2v) is 15.3. The summed E-state index contributed by atoms with van der Waals surface area (Å²) in [4.78, 5) is 55.2. The van der Waals surface area contributed by atoms with Gasteiger partial charge in [-0.05, 0) is 73.7 Å². The Balaban J connectivity index is 3.71. The number of carbonyl (C=O) groups is 4. The number of carbonyl (C=O) groups excluding carboxylic acids is 4. The van der Waals surface area contributed by atoms with Gasteiger partial charge in [-0.25, -0.2) is 19.4 Å². The average Bonchev–Trinajstić information content (AvgIpc) is 3.13. The quantitative estimate of drug-likeness (QED) is 0.0957. The van der Waals surface area contributed by atoms with Crippen LogP contribution in [0.1, 0.15) is 68.2 Å². The number of nitrogens with one attached hydrogen (secondary N) is 3. The molecule has 0 aromatic rings. The van der Waals surface area contributed by atoms with Crippen molar-refractivity contribution in [1.82, 2.24) is 16.0 Å². The molecule has 1 aliphatic rings. The molecule has 41 heavy (non-hydrogen) atoms. The van der Waals surface area contributed by atoms with Gasteiger partial charge in [-0.15, -0.1) is 35.3 Å². The highest BCUT2D eigenvalue weighted by Gasteiger charge is 2.59. The summed E-state index contributed by atoms with van der Waals surface area (Å²) >= 11 is 4.38. The fourth-order valence-electron chi connectivity index (χ4n) is 4.51. The number of thioether (sulfide) groups is 3. The van der Waals surface area contributed by atoms with Crippen LogP contribution >= 0.6 is 35.3 Å². The third-order valence-corrected chi connectivity index (χ3v) is 11.6. The number of nitrogens with zero attached hydrogens (tertiary/aromatic N) is 1. The monoisotopic (exact) mass is 638 g/mol. The van der Waals surface area contributed by atoms with E-state index in [0.29, 0.717) is 0 Å². The molecule has 0 aromatic carbocycles. The zero-order valence-electron chi connectivity index (χ0n) is 25.8. The summed E-state index contributed by atoms with van der Waals surface area (Å²) in [5.41, 5.74) is -3.06. The van der Waals surface area contributed by atoms with Crippen LogP contribution in [0.5, 0.6) is 0 Å². The molecule has 12 nitrogen and oxygen atoms in total. The number of aliphatic imine (C=N–C) groups is 1. The highest BCUT2D eigenvalue weighted by atomic mass is 32.3. The van der Waals surface area contributed by atoms with Gasteiger partial charge in [-0.3, -0.25) is 15.4 Å². The van der Waals surface area contributed by atoms with Crippen molar-refractivity contribution in [2.75, 3.05) is 25.4 Å². The minimum absolute atomic E-state index is 0.0468. The summed E-state index contributed by atoms with van der Waals surface area (Å²) in [6, 6.07) is -2.00. The van der Waals surface area contributed by atoms with Crippen molar-refractivity contribution in [1.29, 1.82) is 0 Å². The second kappa shape index (κ2) is 15.1. The van der Waals surface area contributed by atoms with Gasteiger partial charge in [0, 0.05) is 19.3 Å². The van der Waals surface area contributed by atoms with E-state index in [9.17, 15) is 24.3 Å². The Morgan fingerprint density at radius 2 is 1.39 bits per heavy atom. The fraction of sp³-hybridized carbons (Fsp3) is 0.808. The lowest BCUT2D eigenvalue weighted by molar-refractivity contribution is -0.149. The number of rotatable bonds is 9. The first-order valence-corrected chi connectivity index (χ1v) is 16.8. The maximum Gasteiger partial charge on any atom is 0.414 e. The Kier molecular flexibility index (Phi) is 13.7. The van der Waals surface area contributed by atoms with Gasteiger partial charge in [0.2, 0.25) is 11.9 Å². The molecular formula is C26H46N4O8S3. The summed E-state index contributed by atoms with van der Waals surface area (Å²) in [7, 11) is 0. The summed E-state index contributed by atoms with van der Waals surface area (Å²) in [5, 5.41) is 19.7. The van der Waals surface area contributed by atoms with E-state index in [-0.39, 0.29) is 25.4 Å². The number of aliphatic hydroxyl groups is 1. The van der Waals surface area contributed by atoms with Crippen molar-refractivity contribution in [2.24, 2.45) is 10.9 Å². The molecular weight excluding hydrogens is 593 g/mol. The number of amides is 3. The molecule has 0 radical (unpaired) electrons. The minimum Gasteiger partial charge on any atom is -0.464 e. The molecule has 1 aliphatic carbocycles. The van der Waals surface area contributed by atoms with Crippen LogP contribution in [0.25, 0.3) is 0 Å². The van der Waals surface area contributed by atoms with Gasteiger partial charge in [-0.2, -0.15) is 0 Å². The molecule has 3 amide bonds. The number of ether oxygens (including phenoxy) is 3. The van der Waals surface area contributed by atoms with Crippen molar-refractivity contribution in [2.45, 2.75) is 101 Å². The SMILES string of the molecule is CCOC(=O)C(NC(C)=O)C1CC(O)(C(SC)(SC)SC)CC1N=C(NC(=O)OC(C)(C)C)NC(=O)OC(C)(C)C. The summed E-state index contributed by atoms with van der Waals surface area (Å²) in [6.45, 7) is 13.1. The molecule has 1 saturated carbocycles. The maximum absolute atomic E-state index is 13.1. The molecule has 1 rings (SSSR count). The zero-order chi connectivity index (χ0) is 31.8. The second-order valence-electron chi connectivity index (χ2n) is 11.5. The number of esters is 1. The van der Waals surface area contributed by atoms with Gasteiger partial charge in [0.05, 0.1) is 12.6 Å². The molecule has 0 aliphatic heterocycles. The van der Waals surface area contributed by atoms with Crippen LogP contribution in [0.4, 0.5) is 9.59 Å². The van der Waals surface area contributed by atoms with Gasteiger partial charge in [-0.1, -0.05) is 0 Å². The van der Waals surface area contributed by atoms with Crippen LogP contribution in [-0.4, -0.2) is 92.8 Å². The molecule has 1 fully saturated rings. The predicted molar refractivity (Wildman–Crippen MR) is 165 cm³/mol. The molecule has 0 aromatic heterocycles. The topological polar surface area (TPSA) is 165 Å². The first-order valence-electron chi connectivity index (χ1n) is 13.1. The molecule has 0 saturated heterocycles. The number of guanidine groups is 1. The van der Waals surface area contributed by atoms with Crippen molar-refractivity contribution in [3.8, 4) is 0 Å². The third-order valence-electron chi connectivity index (χ3n) is 5.85. The smallest absolute Gasteiger partial charge is 0.414 e. The van der Waals surface area contributed by atoms with Gasteiger partial charge in [0.15, 0.2) is 0 Å². The molecule has 236 valence electrons. The van der Waals surface area contributed by atoms with E-state index in [2.05, 4.69) is 20.9 Å². The van der Waals surface area contributed by atoms with E-state index in [4.69, 9.17) is 14.2 Å². The van der Waals surface area contributed by atoms with Gasteiger partial charge >= 0.3 is 18.2 Å². The number of alkyl carbamates (subject to hydrolysis) is 2. The Morgan fingerprint density at radius 3 is 1.76 bits per heavy atom. The molecule has 15 heteroatoms. The van der Waals surface area contributed by atoms with Crippen molar-refractivity contribution in [3.05, 3.63) is 0 Å². The van der Waals surface area contributed by atoms with E-state index < -0.39 is 62.3 Å². The molecule has 4 unspecified atom stereocenters. The van der Waals surface area contributed by atoms with Crippen molar-refractivity contribution in [3.63, 3.8) is 0 Å². The Morgan fingerprint density at radius 1 is 0.927 bits per heavy atom. The Bertz CT molecular complexity index is 938. The van der Waals surface area contributed by atoms with Crippen LogP contribution in [0.15, 0.2) is 4.99 Å². The predicted octanol–water partition coefficient (Wildman–Crippen LogP) is 3.71. The maximum atomic E-state index is 13.1. The molecule has 4 atom stereocenters. The largest absolute Gasteiger partial charge is 0.464 e. The zero-order valence-corrected chi connectivity index (χ0v) is 28.3. The first-order chi connectivity index (χ1) is 18.7. The Labute approximate surface area is 256 Å². The fourth-order valence-corrected chi connectivity index (χ4v) is 8.15. The van der Waals surface area contributed by atoms with Crippen molar-refractivity contribution < 1.29 is 38.5 Å².